The maximum Gasteiger partial charge on any atom is 0.254 e. The van der Waals surface area contributed by atoms with E-state index in [1.54, 1.807) is 12.4 Å². The van der Waals surface area contributed by atoms with Gasteiger partial charge in [0.05, 0.1) is 0 Å². The van der Waals surface area contributed by atoms with Crippen molar-refractivity contribution in [3.63, 3.8) is 0 Å². The summed E-state index contributed by atoms with van der Waals surface area (Å²) in [6.07, 6.45) is 8.11. The number of rotatable bonds is 1. The van der Waals surface area contributed by atoms with Gasteiger partial charge in [0, 0.05) is 30.0 Å². The molecule has 1 amide bonds. The Morgan fingerprint density at radius 2 is 1.82 bits per heavy atom. The van der Waals surface area contributed by atoms with Crippen molar-refractivity contribution in [1.29, 1.82) is 0 Å². The van der Waals surface area contributed by atoms with Crippen molar-refractivity contribution in [3.8, 4) is 0 Å². The van der Waals surface area contributed by atoms with Crippen molar-refractivity contribution in [2.75, 3.05) is 0 Å². The van der Waals surface area contributed by atoms with Crippen LogP contribution in [0.15, 0.2) is 24.5 Å². The van der Waals surface area contributed by atoms with Crippen molar-refractivity contribution in [2.24, 2.45) is 5.92 Å². The van der Waals surface area contributed by atoms with Gasteiger partial charge in [-0.15, -0.1) is 0 Å². The topological polar surface area (TPSA) is 33.2 Å². The van der Waals surface area contributed by atoms with E-state index in [-0.39, 0.29) is 5.91 Å². The van der Waals surface area contributed by atoms with Crippen LogP contribution in [0.1, 0.15) is 43.0 Å². The highest BCUT2D eigenvalue weighted by Crippen LogP contribution is 2.39. The fourth-order valence-corrected chi connectivity index (χ4v) is 3.42. The Labute approximate surface area is 102 Å². The van der Waals surface area contributed by atoms with Crippen LogP contribution in [0.25, 0.3) is 0 Å². The Kier molecular flexibility index (Phi) is 2.61. The molecule has 3 nitrogen and oxygen atoms in total. The number of pyridine rings is 1. The number of carbonyl (C=O) groups excluding carboxylic acids is 1. The summed E-state index contributed by atoms with van der Waals surface area (Å²) in [4.78, 5) is 18.6. The van der Waals surface area contributed by atoms with Crippen molar-refractivity contribution in [3.05, 3.63) is 30.1 Å². The van der Waals surface area contributed by atoms with Gasteiger partial charge in [0.25, 0.3) is 5.91 Å². The molecule has 17 heavy (non-hydrogen) atoms. The Hall–Kier alpha value is -1.38. The lowest BCUT2D eigenvalue weighted by atomic mass is 9.92. The second-order valence-electron chi connectivity index (χ2n) is 5.41. The first-order valence-corrected chi connectivity index (χ1v) is 6.48. The minimum absolute atomic E-state index is 0.201. The number of hydrogen-bond donors (Lipinski definition) is 0. The van der Waals surface area contributed by atoms with Gasteiger partial charge in [0.2, 0.25) is 0 Å². The zero-order valence-corrected chi connectivity index (χ0v) is 10.2. The summed E-state index contributed by atoms with van der Waals surface area (Å²) in [5.41, 5.74) is 0.784. The molecule has 2 bridgehead atoms. The summed E-state index contributed by atoms with van der Waals surface area (Å²) >= 11 is 0. The van der Waals surface area contributed by atoms with Gasteiger partial charge in [-0.2, -0.15) is 0 Å². The molecule has 0 aliphatic carbocycles. The normalized spacial score (nSPS) is 31.6. The molecule has 0 saturated carbocycles. The van der Waals surface area contributed by atoms with E-state index in [1.807, 2.05) is 12.1 Å². The minimum atomic E-state index is 0.201. The lowest BCUT2D eigenvalue weighted by Crippen LogP contribution is -2.46. The van der Waals surface area contributed by atoms with Gasteiger partial charge in [-0.25, -0.2) is 0 Å². The third-order valence-corrected chi connectivity index (χ3v) is 4.13. The van der Waals surface area contributed by atoms with Crippen LogP contribution in [0, 0.1) is 5.92 Å². The molecule has 2 aliphatic heterocycles. The number of hydrogen-bond acceptors (Lipinski definition) is 2. The molecule has 3 heterocycles. The second-order valence-corrected chi connectivity index (χ2v) is 5.41. The molecular formula is C14H18N2O. The third-order valence-electron chi connectivity index (χ3n) is 4.13. The maximum atomic E-state index is 12.5. The molecule has 1 aromatic rings. The van der Waals surface area contributed by atoms with E-state index < -0.39 is 0 Å². The van der Waals surface area contributed by atoms with Crippen molar-refractivity contribution >= 4 is 5.91 Å². The highest BCUT2D eigenvalue weighted by Gasteiger charge is 2.41. The van der Waals surface area contributed by atoms with Crippen LogP contribution in [0.2, 0.25) is 0 Å². The summed E-state index contributed by atoms with van der Waals surface area (Å²) < 4.78 is 0. The molecule has 0 aromatic carbocycles. The quantitative estimate of drug-likeness (QED) is 0.742. The molecule has 0 N–H and O–H groups in total. The van der Waals surface area contributed by atoms with Crippen LogP contribution in [0.3, 0.4) is 0 Å². The number of aromatic nitrogens is 1. The van der Waals surface area contributed by atoms with Gasteiger partial charge < -0.3 is 4.90 Å². The highest BCUT2D eigenvalue weighted by molar-refractivity contribution is 5.94. The Balaban J connectivity index is 1.84. The van der Waals surface area contributed by atoms with E-state index in [4.69, 9.17) is 0 Å². The van der Waals surface area contributed by atoms with Gasteiger partial charge >= 0.3 is 0 Å². The standard InChI is InChI=1S/C14H18N2O/c1-10-8-12-2-3-13(9-10)16(12)14(17)11-4-6-15-7-5-11/h4-7,10,12-13H,2-3,8-9H2,1H3. The van der Waals surface area contributed by atoms with Crippen molar-refractivity contribution in [2.45, 2.75) is 44.7 Å². The smallest absolute Gasteiger partial charge is 0.254 e. The largest absolute Gasteiger partial charge is 0.333 e. The number of amides is 1. The SMILES string of the molecule is CC1CC2CCC(C1)N2C(=O)c1ccncc1. The van der Waals surface area contributed by atoms with E-state index in [0.717, 1.165) is 11.5 Å². The lowest BCUT2D eigenvalue weighted by molar-refractivity contribution is 0.0538. The Morgan fingerprint density at radius 3 is 2.41 bits per heavy atom. The summed E-state index contributed by atoms with van der Waals surface area (Å²) in [6.45, 7) is 2.31. The van der Waals surface area contributed by atoms with Gasteiger partial charge in [0.1, 0.15) is 0 Å². The average Bonchev–Trinajstić information content (AvgIpc) is 2.62. The lowest BCUT2D eigenvalue weighted by Gasteiger charge is -2.38. The van der Waals surface area contributed by atoms with E-state index in [2.05, 4.69) is 16.8 Å². The van der Waals surface area contributed by atoms with Crippen LogP contribution in [0.4, 0.5) is 0 Å². The maximum absolute atomic E-state index is 12.5. The van der Waals surface area contributed by atoms with E-state index in [1.165, 1.54) is 25.7 Å². The van der Waals surface area contributed by atoms with Crippen LogP contribution in [0.5, 0.6) is 0 Å². The zero-order chi connectivity index (χ0) is 11.8. The molecule has 2 fully saturated rings. The molecule has 1 aromatic heterocycles. The van der Waals surface area contributed by atoms with E-state index >= 15 is 0 Å². The molecule has 2 saturated heterocycles. The molecular weight excluding hydrogens is 212 g/mol. The van der Waals surface area contributed by atoms with Gasteiger partial charge in [-0.3, -0.25) is 9.78 Å². The van der Waals surface area contributed by atoms with Gasteiger partial charge in [-0.1, -0.05) is 6.92 Å². The van der Waals surface area contributed by atoms with Gasteiger partial charge in [-0.05, 0) is 43.7 Å². The molecule has 2 unspecified atom stereocenters. The first-order valence-electron chi connectivity index (χ1n) is 6.48. The molecule has 2 atom stereocenters. The van der Waals surface area contributed by atoms with E-state index in [0.29, 0.717) is 12.1 Å². The molecule has 0 radical (unpaired) electrons. The summed E-state index contributed by atoms with van der Waals surface area (Å²) in [5.74, 6) is 0.973. The molecule has 3 heteroatoms. The molecule has 3 rings (SSSR count). The van der Waals surface area contributed by atoms with Crippen molar-refractivity contribution in [1.82, 2.24) is 9.88 Å². The molecule has 0 spiro atoms. The average molecular weight is 230 g/mol. The third kappa shape index (κ3) is 1.84. The first-order chi connectivity index (χ1) is 8.25. The van der Waals surface area contributed by atoms with Crippen LogP contribution in [-0.4, -0.2) is 27.9 Å². The summed E-state index contributed by atoms with van der Waals surface area (Å²) in [7, 11) is 0. The Bertz CT molecular complexity index is 403. The Morgan fingerprint density at radius 1 is 1.24 bits per heavy atom. The number of nitrogens with zero attached hydrogens (tertiary/aromatic N) is 2. The predicted octanol–water partition coefficient (Wildman–Crippen LogP) is 2.48. The fraction of sp³-hybridized carbons (Fsp3) is 0.571. The highest BCUT2D eigenvalue weighted by atomic mass is 16.2. The predicted molar refractivity (Wildman–Crippen MR) is 65.6 cm³/mol. The van der Waals surface area contributed by atoms with E-state index in [9.17, 15) is 4.79 Å². The number of piperidine rings is 1. The van der Waals surface area contributed by atoms with Crippen LogP contribution >= 0.6 is 0 Å². The van der Waals surface area contributed by atoms with Crippen LogP contribution < -0.4 is 0 Å². The second kappa shape index (κ2) is 4.13. The summed E-state index contributed by atoms with van der Waals surface area (Å²) in [6, 6.07) is 4.59. The van der Waals surface area contributed by atoms with Gasteiger partial charge in [0.15, 0.2) is 0 Å². The summed E-state index contributed by atoms with van der Waals surface area (Å²) in [5, 5.41) is 0. The number of carbonyl (C=O) groups is 1. The molecule has 90 valence electrons. The monoisotopic (exact) mass is 230 g/mol. The zero-order valence-electron chi connectivity index (χ0n) is 10.2. The van der Waals surface area contributed by atoms with Crippen LogP contribution in [-0.2, 0) is 0 Å². The minimum Gasteiger partial charge on any atom is -0.333 e. The van der Waals surface area contributed by atoms with Crippen molar-refractivity contribution < 1.29 is 4.79 Å². The first kappa shape index (κ1) is 10.8. The fourth-order valence-electron chi connectivity index (χ4n) is 3.42. The molecule has 2 aliphatic rings. The number of fused-ring (bicyclic) bond motifs is 2.